The van der Waals surface area contributed by atoms with Gasteiger partial charge in [-0.15, -0.1) is 0 Å². The molecule has 0 aliphatic carbocycles. The second-order valence-corrected chi connectivity index (χ2v) is 4.27. The van der Waals surface area contributed by atoms with Crippen molar-refractivity contribution in [2.24, 2.45) is 0 Å². The van der Waals surface area contributed by atoms with Crippen LogP contribution in [0.15, 0.2) is 24.3 Å². The third-order valence-corrected chi connectivity index (χ3v) is 2.94. The lowest BCUT2D eigenvalue weighted by Crippen LogP contribution is -2.38. The van der Waals surface area contributed by atoms with Crippen LogP contribution in [0.4, 0.5) is 0 Å². The van der Waals surface area contributed by atoms with Crippen molar-refractivity contribution in [3.05, 3.63) is 29.8 Å². The molecule has 4 nitrogen and oxygen atoms in total. The van der Waals surface area contributed by atoms with E-state index < -0.39 is 0 Å². The molecule has 0 heterocycles. The third-order valence-electron chi connectivity index (χ3n) is 2.94. The molecule has 0 amide bonds. The Hall–Kier alpha value is -1.55. The highest BCUT2D eigenvalue weighted by Crippen LogP contribution is 2.11. The van der Waals surface area contributed by atoms with E-state index >= 15 is 0 Å². The second kappa shape index (κ2) is 8.53. The monoisotopic (exact) mass is 265 g/mol. The molecule has 1 rings (SSSR count). The number of benzene rings is 1. The van der Waals surface area contributed by atoms with Crippen molar-refractivity contribution in [2.75, 3.05) is 20.3 Å². The molecular weight excluding hydrogens is 242 g/mol. The molecule has 1 aromatic carbocycles. The van der Waals surface area contributed by atoms with Crippen molar-refractivity contribution in [3.63, 3.8) is 0 Å². The van der Waals surface area contributed by atoms with E-state index in [1.165, 1.54) is 5.56 Å². The van der Waals surface area contributed by atoms with E-state index in [9.17, 15) is 4.79 Å². The first kappa shape index (κ1) is 15.5. The van der Waals surface area contributed by atoms with Crippen molar-refractivity contribution < 1.29 is 14.3 Å². The molecule has 106 valence electrons. The maximum absolute atomic E-state index is 11.6. The number of nitrogens with one attached hydrogen (secondary N) is 1. The van der Waals surface area contributed by atoms with Crippen molar-refractivity contribution in [2.45, 2.75) is 32.7 Å². The molecule has 0 saturated carbocycles. The van der Waals surface area contributed by atoms with Gasteiger partial charge in [0.1, 0.15) is 11.8 Å². The largest absolute Gasteiger partial charge is 0.497 e. The zero-order chi connectivity index (χ0) is 14.1. The molecule has 0 aliphatic rings. The van der Waals surface area contributed by atoms with Crippen molar-refractivity contribution in [3.8, 4) is 5.75 Å². The fourth-order valence-electron chi connectivity index (χ4n) is 1.82. The van der Waals surface area contributed by atoms with Gasteiger partial charge in [-0.3, -0.25) is 4.79 Å². The minimum Gasteiger partial charge on any atom is -0.497 e. The fraction of sp³-hybridized carbons (Fsp3) is 0.533. The molecule has 0 aromatic heterocycles. The van der Waals surface area contributed by atoms with Gasteiger partial charge in [-0.1, -0.05) is 19.1 Å². The summed E-state index contributed by atoms with van der Waals surface area (Å²) < 4.78 is 10.1. The Labute approximate surface area is 115 Å². The summed E-state index contributed by atoms with van der Waals surface area (Å²) in [6, 6.07) is 7.74. The minimum atomic E-state index is -0.210. The Bertz CT molecular complexity index is 375. The van der Waals surface area contributed by atoms with E-state index in [0.29, 0.717) is 6.61 Å². The molecule has 1 N–H and O–H groups in total. The van der Waals surface area contributed by atoms with Gasteiger partial charge in [0.05, 0.1) is 13.7 Å². The first-order valence-corrected chi connectivity index (χ1v) is 6.74. The molecule has 4 heteroatoms. The topological polar surface area (TPSA) is 47.6 Å². The lowest BCUT2D eigenvalue weighted by molar-refractivity contribution is -0.145. The number of esters is 1. The Morgan fingerprint density at radius 2 is 1.95 bits per heavy atom. The molecule has 19 heavy (non-hydrogen) atoms. The first-order valence-electron chi connectivity index (χ1n) is 6.74. The van der Waals surface area contributed by atoms with Crippen LogP contribution in [0.2, 0.25) is 0 Å². The predicted octanol–water partition coefficient (Wildman–Crippen LogP) is 2.17. The Kier molecular flexibility index (Phi) is 6.97. The van der Waals surface area contributed by atoms with Gasteiger partial charge < -0.3 is 14.8 Å². The molecule has 0 bridgehead atoms. The summed E-state index contributed by atoms with van der Waals surface area (Å²) in [4.78, 5) is 11.6. The predicted molar refractivity (Wildman–Crippen MR) is 75.4 cm³/mol. The molecular formula is C15H23NO3. The highest BCUT2D eigenvalue weighted by Gasteiger charge is 2.16. The van der Waals surface area contributed by atoms with E-state index in [4.69, 9.17) is 9.47 Å². The summed E-state index contributed by atoms with van der Waals surface area (Å²) in [5.41, 5.74) is 1.21. The van der Waals surface area contributed by atoms with Crippen molar-refractivity contribution in [1.82, 2.24) is 5.32 Å². The van der Waals surface area contributed by atoms with Crippen LogP contribution in [0.3, 0.4) is 0 Å². The number of carbonyl (C=O) groups excluding carboxylic acids is 1. The van der Waals surface area contributed by atoms with Crippen molar-refractivity contribution in [1.29, 1.82) is 0 Å². The normalized spacial score (nSPS) is 11.9. The van der Waals surface area contributed by atoms with Crippen molar-refractivity contribution >= 4 is 5.97 Å². The van der Waals surface area contributed by atoms with Gasteiger partial charge in [0.2, 0.25) is 0 Å². The SMILES string of the molecule is CCOC(=O)C(CC)NCCc1ccc(OC)cc1. The Balaban J connectivity index is 2.36. The number of hydrogen-bond acceptors (Lipinski definition) is 4. The zero-order valence-corrected chi connectivity index (χ0v) is 11.9. The van der Waals surface area contributed by atoms with Gasteiger partial charge in [0, 0.05) is 0 Å². The van der Waals surface area contributed by atoms with Gasteiger partial charge in [-0.25, -0.2) is 0 Å². The number of hydrogen-bond donors (Lipinski definition) is 1. The standard InChI is InChI=1S/C15H23NO3/c1-4-14(15(17)19-5-2)16-11-10-12-6-8-13(18-3)9-7-12/h6-9,14,16H,4-5,10-11H2,1-3H3. The Morgan fingerprint density at radius 1 is 1.26 bits per heavy atom. The number of rotatable bonds is 8. The minimum absolute atomic E-state index is 0.167. The summed E-state index contributed by atoms with van der Waals surface area (Å²) in [7, 11) is 1.65. The number of carbonyl (C=O) groups is 1. The summed E-state index contributed by atoms with van der Waals surface area (Å²) in [5, 5.41) is 3.23. The molecule has 0 radical (unpaired) electrons. The second-order valence-electron chi connectivity index (χ2n) is 4.27. The summed E-state index contributed by atoms with van der Waals surface area (Å²) in [6.07, 6.45) is 1.61. The maximum Gasteiger partial charge on any atom is 0.323 e. The number of methoxy groups -OCH3 is 1. The highest BCUT2D eigenvalue weighted by atomic mass is 16.5. The van der Waals surface area contributed by atoms with Crippen LogP contribution in [0.25, 0.3) is 0 Å². The molecule has 0 spiro atoms. The van der Waals surface area contributed by atoms with Crippen LogP contribution in [-0.4, -0.2) is 32.3 Å². The van der Waals surface area contributed by atoms with Gasteiger partial charge in [-0.2, -0.15) is 0 Å². The molecule has 1 aromatic rings. The van der Waals surface area contributed by atoms with Crippen LogP contribution in [0.1, 0.15) is 25.8 Å². The van der Waals surface area contributed by atoms with Crippen LogP contribution in [0, 0.1) is 0 Å². The average Bonchev–Trinajstić information content (AvgIpc) is 2.44. The van der Waals surface area contributed by atoms with E-state index in [0.717, 1.165) is 25.1 Å². The van der Waals surface area contributed by atoms with E-state index in [1.807, 2.05) is 38.1 Å². The molecule has 0 saturated heterocycles. The number of ether oxygens (including phenoxy) is 2. The lowest BCUT2D eigenvalue weighted by atomic mass is 10.1. The van der Waals surface area contributed by atoms with Gasteiger partial charge in [-0.05, 0) is 44.0 Å². The quantitative estimate of drug-likeness (QED) is 0.732. The van der Waals surface area contributed by atoms with Crippen LogP contribution in [0.5, 0.6) is 5.75 Å². The molecule has 0 aliphatic heterocycles. The molecule has 1 atom stereocenters. The van der Waals surface area contributed by atoms with Crippen LogP contribution >= 0.6 is 0 Å². The highest BCUT2D eigenvalue weighted by molar-refractivity contribution is 5.75. The maximum atomic E-state index is 11.6. The van der Waals surface area contributed by atoms with E-state index in [1.54, 1.807) is 7.11 Å². The average molecular weight is 265 g/mol. The van der Waals surface area contributed by atoms with Crippen LogP contribution < -0.4 is 10.1 Å². The summed E-state index contributed by atoms with van der Waals surface area (Å²) >= 11 is 0. The first-order chi connectivity index (χ1) is 9.21. The summed E-state index contributed by atoms with van der Waals surface area (Å²) in [5.74, 6) is 0.689. The zero-order valence-electron chi connectivity index (χ0n) is 11.9. The molecule has 1 unspecified atom stereocenters. The Morgan fingerprint density at radius 3 is 2.47 bits per heavy atom. The van der Waals surface area contributed by atoms with Crippen LogP contribution in [-0.2, 0) is 16.0 Å². The van der Waals surface area contributed by atoms with Gasteiger partial charge in [0.15, 0.2) is 0 Å². The van der Waals surface area contributed by atoms with E-state index in [2.05, 4.69) is 5.32 Å². The fourth-order valence-corrected chi connectivity index (χ4v) is 1.82. The lowest BCUT2D eigenvalue weighted by Gasteiger charge is -2.15. The van der Waals surface area contributed by atoms with E-state index in [-0.39, 0.29) is 12.0 Å². The third kappa shape index (κ3) is 5.30. The van der Waals surface area contributed by atoms with Gasteiger partial charge in [0.25, 0.3) is 0 Å². The van der Waals surface area contributed by atoms with Gasteiger partial charge >= 0.3 is 5.97 Å². The molecule has 0 fully saturated rings. The smallest absolute Gasteiger partial charge is 0.323 e. The summed E-state index contributed by atoms with van der Waals surface area (Å²) in [6.45, 7) is 4.98.